The van der Waals surface area contributed by atoms with Gasteiger partial charge in [-0.2, -0.15) is 5.21 Å². The van der Waals surface area contributed by atoms with E-state index in [0.717, 1.165) is 53.5 Å². The van der Waals surface area contributed by atoms with Crippen LogP contribution in [0.4, 0.5) is 5.69 Å². The van der Waals surface area contributed by atoms with E-state index in [9.17, 15) is 14.4 Å². The van der Waals surface area contributed by atoms with E-state index in [2.05, 4.69) is 36.6 Å². The zero-order valence-corrected chi connectivity index (χ0v) is 33.5. The number of nitrogens with one attached hydrogen (secondary N) is 4. The number of rotatable bonds is 22. The molecule has 57 heavy (non-hydrogen) atoms. The molecule has 4 aromatic rings. The smallest absolute Gasteiger partial charge is 0.251 e. The Morgan fingerprint density at radius 1 is 0.842 bits per heavy atom. The Kier molecular flexibility index (Phi) is 19.0. The highest BCUT2D eigenvalue weighted by Gasteiger charge is 2.29. The van der Waals surface area contributed by atoms with E-state index in [1.165, 1.54) is 0 Å². The predicted molar refractivity (Wildman–Crippen MR) is 219 cm³/mol. The summed E-state index contributed by atoms with van der Waals surface area (Å²) in [4.78, 5) is 40.0. The van der Waals surface area contributed by atoms with E-state index >= 15 is 0 Å². The van der Waals surface area contributed by atoms with Gasteiger partial charge in [0, 0.05) is 42.8 Å². The van der Waals surface area contributed by atoms with Crippen LogP contribution in [-0.4, -0.2) is 111 Å². The molecule has 0 unspecified atom stereocenters. The molecule has 5 rings (SSSR count). The molecule has 6 N–H and O–H groups in total. The third kappa shape index (κ3) is 14.3. The van der Waals surface area contributed by atoms with Gasteiger partial charge in [0.25, 0.3) is 5.91 Å². The summed E-state index contributed by atoms with van der Waals surface area (Å²) in [5.74, 6) is 0.131. The molecule has 0 spiro atoms. The van der Waals surface area contributed by atoms with Crippen LogP contribution in [-0.2, 0) is 35.0 Å². The Bertz CT molecular complexity index is 1800. The highest BCUT2D eigenvalue weighted by atomic mass is 35.5. The van der Waals surface area contributed by atoms with Crippen molar-refractivity contribution in [2.45, 2.75) is 45.1 Å². The molecule has 1 heterocycles. The van der Waals surface area contributed by atoms with Gasteiger partial charge >= 0.3 is 0 Å². The minimum absolute atomic E-state index is 0. The minimum Gasteiger partial charge on any atom is -0.382 e. The van der Waals surface area contributed by atoms with E-state index in [1.807, 2.05) is 43.3 Å². The second-order valence-corrected chi connectivity index (χ2v) is 13.8. The summed E-state index contributed by atoms with van der Waals surface area (Å²) in [7, 11) is 1.63. The zero-order valence-electron chi connectivity index (χ0n) is 32.7. The van der Waals surface area contributed by atoms with Gasteiger partial charge in [0.15, 0.2) is 0 Å². The van der Waals surface area contributed by atoms with E-state index in [1.54, 1.807) is 37.4 Å². The average molecular weight is 807 g/mol. The van der Waals surface area contributed by atoms with Crippen molar-refractivity contribution in [2.75, 3.05) is 71.8 Å². The number of anilines is 1. The van der Waals surface area contributed by atoms with Crippen LogP contribution in [0.3, 0.4) is 0 Å². The molecular formula is C41H55ClN8O7. The minimum atomic E-state index is -0.799. The number of H-pyrrole nitrogens is 1. The number of halogens is 1. The number of methoxy groups -OCH3 is 1. The lowest BCUT2D eigenvalue weighted by atomic mass is 9.81. The summed E-state index contributed by atoms with van der Waals surface area (Å²) in [5.41, 5.74) is 11.6. The molecule has 3 aromatic carbocycles. The molecular weight excluding hydrogens is 752 g/mol. The summed E-state index contributed by atoms with van der Waals surface area (Å²) in [5, 5.41) is 22.9. The molecule has 16 heteroatoms. The van der Waals surface area contributed by atoms with Crippen molar-refractivity contribution in [3.8, 4) is 22.5 Å². The molecule has 3 amide bonds. The first-order chi connectivity index (χ1) is 27.3. The summed E-state index contributed by atoms with van der Waals surface area (Å²) in [6.45, 7) is 6.32. The Balaban J connectivity index is 0.00000720. The third-order valence-electron chi connectivity index (χ3n) is 9.84. The monoisotopic (exact) mass is 806 g/mol. The highest BCUT2D eigenvalue weighted by molar-refractivity contribution is 5.98. The standard InChI is InChI=1S/C41H54N8O7.ClH/c1-28-25-34(39(50)43-17-18-54-21-22-56-24-23-55-20-19-53-2)13-16-36(28)31-7-3-29(4-8-31)26-37(45-40(51)33-9-5-30(27-42)6-10-33)41(52)44-35-14-11-32(12-15-35)38-46-48-49-47-38;/h3-4,7-8,11-16,25,30,33,37H,5-6,9-10,17-24,26-27,42H2,1-2H3,(H,43,50)(H,44,52)(H,45,51)(H,46,47,48,49);1H/t30?,33?,37-;/m0./s1. The number of hydrogen-bond acceptors (Lipinski definition) is 11. The lowest BCUT2D eigenvalue weighted by molar-refractivity contribution is -0.130. The molecule has 308 valence electrons. The first kappa shape index (κ1) is 44.9. The summed E-state index contributed by atoms with van der Waals surface area (Å²) in [6, 6.07) is 19.9. The molecule has 1 fully saturated rings. The van der Waals surface area contributed by atoms with E-state index in [-0.39, 0.29) is 36.0 Å². The van der Waals surface area contributed by atoms with E-state index in [0.29, 0.717) is 88.8 Å². The number of hydrogen-bond donors (Lipinski definition) is 5. The topological polar surface area (TPSA) is 205 Å². The van der Waals surface area contributed by atoms with Crippen molar-refractivity contribution in [3.63, 3.8) is 0 Å². The van der Waals surface area contributed by atoms with Gasteiger partial charge in [-0.3, -0.25) is 14.4 Å². The van der Waals surface area contributed by atoms with Crippen LogP contribution >= 0.6 is 12.4 Å². The SMILES string of the molecule is COCCOCCOCCOCCNC(=O)c1ccc(-c2ccc(C[C@H](NC(=O)C3CCC(CN)CC3)C(=O)Nc3ccc(-c4nn[nH]n4)cc3)cc2)c(C)c1.Cl. The van der Waals surface area contributed by atoms with Gasteiger partial charge < -0.3 is 40.6 Å². The second-order valence-electron chi connectivity index (χ2n) is 13.8. The number of carbonyl (C=O) groups excluding carboxylic acids is 3. The van der Waals surface area contributed by atoms with Gasteiger partial charge in [-0.05, 0) is 109 Å². The van der Waals surface area contributed by atoms with Gasteiger partial charge in [0.1, 0.15) is 6.04 Å². The number of tetrazole rings is 1. The van der Waals surface area contributed by atoms with Crippen LogP contribution in [0.15, 0.2) is 66.7 Å². The molecule has 1 atom stereocenters. The van der Waals surface area contributed by atoms with Crippen molar-refractivity contribution < 1.29 is 33.3 Å². The number of aromatic nitrogens is 4. The van der Waals surface area contributed by atoms with Gasteiger partial charge in [-0.15, -0.1) is 22.6 Å². The number of nitrogens with zero attached hydrogens (tertiary/aromatic N) is 3. The quantitative estimate of drug-likeness (QED) is 0.0715. The molecule has 0 saturated heterocycles. The lowest BCUT2D eigenvalue weighted by Crippen LogP contribution is -2.48. The molecule has 1 aromatic heterocycles. The van der Waals surface area contributed by atoms with E-state index in [4.69, 9.17) is 24.7 Å². The zero-order chi connectivity index (χ0) is 39.5. The fraction of sp³-hybridized carbons (Fsp3) is 0.463. The second kappa shape index (κ2) is 24.1. The number of ether oxygens (including phenoxy) is 4. The number of amides is 3. The maximum absolute atomic E-state index is 13.7. The molecule has 0 radical (unpaired) electrons. The van der Waals surface area contributed by atoms with Crippen LogP contribution in [0.2, 0.25) is 0 Å². The van der Waals surface area contributed by atoms with Gasteiger partial charge in [-0.1, -0.05) is 30.3 Å². The van der Waals surface area contributed by atoms with Crippen LogP contribution in [0.1, 0.15) is 47.2 Å². The van der Waals surface area contributed by atoms with Crippen molar-refractivity contribution in [3.05, 3.63) is 83.4 Å². The number of aromatic amines is 1. The molecule has 1 aliphatic rings. The summed E-state index contributed by atoms with van der Waals surface area (Å²) >= 11 is 0. The molecule has 1 aliphatic carbocycles. The fourth-order valence-corrected chi connectivity index (χ4v) is 6.58. The third-order valence-corrected chi connectivity index (χ3v) is 9.84. The van der Waals surface area contributed by atoms with Crippen molar-refractivity contribution in [1.29, 1.82) is 0 Å². The Morgan fingerprint density at radius 2 is 1.49 bits per heavy atom. The molecule has 15 nitrogen and oxygen atoms in total. The van der Waals surface area contributed by atoms with Crippen molar-refractivity contribution >= 4 is 35.8 Å². The van der Waals surface area contributed by atoms with Crippen LogP contribution < -0.4 is 21.7 Å². The predicted octanol–water partition coefficient (Wildman–Crippen LogP) is 4.12. The summed E-state index contributed by atoms with van der Waals surface area (Å²) < 4.78 is 21.3. The number of carbonyl (C=O) groups is 3. The Labute approximate surface area is 339 Å². The lowest BCUT2D eigenvalue weighted by Gasteiger charge is -2.28. The average Bonchev–Trinajstić information content (AvgIpc) is 3.77. The maximum atomic E-state index is 13.7. The fourth-order valence-electron chi connectivity index (χ4n) is 6.58. The number of aryl methyl sites for hydroxylation is 1. The van der Waals surface area contributed by atoms with Crippen molar-refractivity contribution in [2.24, 2.45) is 17.6 Å². The Hall–Kier alpha value is -4.77. The van der Waals surface area contributed by atoms with Gasteiger partial charge in [0.05, 0.1) is 46.2 Å². The van der Waals surface area contributed by atoms with E-state index < -0.39 is 6.04 Å². The molecule has 0 bridgehead atoms. The summed E-state index contributed by atoms with van der Waals surface area (Å²) in [6.07, 6.45) is 3.63. The highest BCUT2D eigenvalue weighted by Crippen LogP contribution is 2.29. The molecule has 0 aliphatic heterocycles. The van der Waals surface area contributed by atoms with Crippen LogP contribution in [0.25, 0.3) is 22.5 Å². The van der Waals surface area contributed by atoms with Gasteiger partial charge in [0.2, 0.25) is 17.6 Å². The first-order valence-corrected chi connectivity index (χ1v) is 19.2. The van der Waals surface area contributed by atoms with Crippen LogP contribution in [0.5, 0.6) is 0 Å². The normalized spacial score (nSPS) is 15.6. The van der Waals surface area contributed by atoms with Crippen LogP contribution in [0, 0.1) is 18.8 Å². The van der Waals surface area contributed by atoms with Gasteiger partial charge in [-0.25, -0.2) is 0 Å². The largest absolute Gasteiger partial charge is 0.382 e. The Morgan fingerprint density at radius 3 is 2.11 bits per heavy atom. The number of benzene rings is 3. The first-order valence-electron chi connectivity index (χ1n) is 19.2. The van der Waals surface area contributed by atoms with Crippen molar-refractivity contribution in [1.82, 2.24) is 31.3 Å². The molecule has 1 saturated carbocycles. The maximum Gasteiger partial charge on any atom is 0.251 e. The number of nitrogens with two attached hydrogens (primary N) is 1.